The van der Waals surface area contributed by atoms with Crippen LogP contribution in [0.15, 0.2) is 43.3 Å². The van der Waals surface area contributed by atoms with E-state index in [2.05, 4.69) is 27.9 Å². The average molecular weight is 484 g/mol. The van der Waals surface area contributed by atoms with Crippen LogP contribution >= 0.6 is 0 Å². The van der Waals surface area contributed by atoms with Crippen molar-refractivity contribution in [1.29, 1.82) is 0 Å². The number of anilines is 1. The fourth-order valence-electron chi connectivity index (χ4n) is 4.66. The Bertz CT molecular complexity index is 876. The van der Waals surface area contributed by atoms with E-state index in [1.165, 1.54) is 19.3 Å². The number of piperazine rings is 1. The lowest BCUT2D eigenvalue weighted by Crippen LogP contribution is -2.52. The Morgan fingerprint density at radius 3 is 2.60 bits per heavy atom. The average Bonchev–Trinajstić information content (AvgIpc) is 3.07. The molecular formula is C27H41N5O3. The number of aliphatic hydroxyl groups is 1. The molecule has 192 valence electrons. The van der Waals surface area contributed by atoms with E-state index >= 15 is 0 Å². The number of aliphatic hydroxyl groups excluding tert-OH is 1. The Morgan fingerprint density at radius 2 is 1.91 bits per heavy atom. The van der Waals surface area contributed by atoms with E-state index in [1.807, 2.05) is 18.0 Å². The molecule has 0 atom stereocenters. The second-order valence-corrected chi connectivity index (χ2v) is 9.09. The summed E-state index contributed by atoms with van der Waals surface area (Å²) in [5, 5.41) is 9.55. The molecule has 0 bridgehead atoms. The monoisotopic (exact) mass is 483 g/mol. The summed E-state index contributed by atoms with van der Waals surface area (Å²) >= 11 is 0. The van der Waals surface area contributed by atoms with Crippen molar-refractivity contribution >= 4 is 11.9 Å². The van der Waals surface area contributed by atoms with Gasteiger partial charge in [0.1, 0.15) is 12.4 Å². The zero-order chi connectivity index (χ0) is 25.0. The van der Waals surface area contributed by atoms with Crippen molar-refractivity contribution in [3.8, 4) is 0 Å². The van der Waals surface area contributed by atoms with Crippen molar-refractivity contribution < 1.29 is 14.6 Å². The molecule has 2 aliphatic heterocycles. The van der Waals surface area contributed by atoms with E-state index in [-0.39, 0.29) is 18.3 Å². The van der Waals surface area contributed by atoms with E-state index in [0.717, 1.165) is 68.7 Å². The summed E-state index contributed by atoms with van der Waals surface area (Å²) in [6.07, 6.45) is 13.4. The van der Waals surface area contributed by atoms with Gasteiger partial charge in [0.25, 0.3) is 0 Å². The predicted octanol–water partition coefficient (Wildman–Crippen LogP) is 3.31. The zero-order valence-corrected chi connectivity index (χ0v) is 21.2. The van der Waals surface area contributed by atoms with Crippen molar-refractivity contribution in [2.45, 2.75) is 51.5 Å². The summed E-state index contributed by atoms with van der Waals surface area (Å²) in [4.78, 5) is 28.9. The van der Waals surface area contributed by atoms with Crippen LogP contribution in [0.5, 0.6) is 0 Å². The minimum absolute atomic E-state index is 0.00942. The molecule has 4 rings (SSSR count). The number of ether oxygens (including phenoxy) is 1. The topological polar surface area (TPSA) is 82.0 Å². The lowest BCUT2D eigenvalue weighted by Gasteiger charge is -2.43. The number of fused-ring (bicyclic) bond motifs is 1. The van der Waals surface area contributed by atoms with E-state index in [1.54, 1.807) is 18.2 Å². The fraction of sp³-hybridized carbons (Fsp3) is 0.593. The number of carbonyl (C=O) groups is 1. The third-order valence-electron chi connectivity index (χ3n) is 6.89. The van der Waals surface area contributed by atoms with Gasteiger partial charge in [-0.2, -0.15) is 0 Å². The first-order chi connectivity index (χ1) is 17.1. The van der Waals surface area contributed by atoms with Crippen LogP contribution in [0.1, 0.15) is 43.9 Å². The van der Waals surface area contributed by atoms with Crippen LogP contribution in [0, 0.1) is 0 Å². The quantitative estimate of drug-likeness (QED) is 0.263. The third kappa shape index (κ3) is 7.64. The van der Waals surface area contributed by atoms with Crippen molar-refractivity contribution in [2.24, 2.45) is 0 Å². The Morgan fingerprint density at radius 1 is 1.17 bits per heavy atom. The Kier molecular flexibility index (Phi) is 10.8. The Hall–Kier alpha value is -2.71. The standard InChI is InChI=1S/C25H37N5O3.C2H4/c1-2-5-22(31)8-4-17-33-19-24(32)29-11-9-20-18-26-25(27-23(20)10-12-29)30-15-13-28(14-16-30)21-6-3-7-21;1-2/h4-5,8,18,21,31H,2-3,6-7,9-17,19H2,1H3;1-2H2/b8-4-,22-5+;. The maximum absolute atomic E-state index is 12.6. The maximum atomic E-state index is 12.6. The smallest absolute Gasteiger partial charge is 0.248 e. The molecule has 3 aliphatic rings. The largest absolute Gasteiger partial charge is 0.508 e. The Labute approximate surface area is 210 Å². The van der Waals surface area contributed by atoms with Gasteiger partial charge in [-0.25, -0.2) is 9.97 Å². The number of carbonyl (C=O) groups excluding carboxylic acids is 1. The van der Waals surface area contributed by atoms with Gasteiger partial charge < -0.3 is 19.6 Å². The maximum Gasteiger partial charge on any atom is 0.248 e. The summed E-state index contributed by atoms with van der Waals surface area (Å²) in [5.41, 5.74) is 2.21. The molecule has 1 N–H and O–H groups in total. The number of aromatic nitrogens is 2. The summed E-state index contributed by atoms with van der Waals surface area (Å²) in [7, 11) is 0. The van der Waals surface area contributed by atoms with Crippen molar-refractivity contribution in [3.05, 3.63) is 54.6 Å². The SMILES string of the molecule is C=C.CC/C=C(O)\C=C/COCC(=O)N1CCc2cnc(N3CCN(C4CCC4)CC3)nc2CC1. The van der Waals surface area contributed by atoms with Gasteiger partial charge in [-0.15, -0.1) is 13.2 Å². The van der Waals surface area contributed by atoms with Gasteiger partial charge in [0.15, 0.2) is 0 Å². The molecule has 1 saturated carbocycles. The van der Waals surface area contributed by atoms with Crippen molar-refractivity contribution in [3.63, 3.8) is 0 Å². The van der Waals surface area contributed by atoms with Crippen LogP contribution in [-0.4, -0.2) is 89.3 Å². The van der Waals surface area contributed by atoms with Gasteiger partial charge in [0.05, 0.1) is 12.3 Å². The van der Waals surface area contributed by atoms with Gasteiger partial charge in [0.2, 0.25) is 11.9 Å². The number of allylic oxidation sites excluding steroid dienone is 2. The van der Waals surface area contributed by atoms with Crippen LogP contribution in [0.2, 0.25) is 0 Å². The van der Waals surface area contributed by atoms with Crippen LogP contribution in [0.25, 0.3) is 0 Å². The van der Waals surface area contributed by atoms with Gasteiger partial charge in [-0.05, 0) is 43.4 Å². The minimum Gasteiger partial charge on any atom is -0.508 e. The molecule has 1 amide bonds. The molecule has 1 aromatic rings. The summed E-state index contributed by atoms with van der Waals surface area (Å²) < 4.78 is 5.48. The first-order valence-corrected chi connectivity index (χ1v) is 12.9. The van der Waals surface area contributed by atoms with Gasteiger partial charge in [-0.3, -0.25) is 9.69 Å². The molecular weight excluding hydrogens is 442 g/mol. The van der Waals surface area contributed by atoms with Gasteiger partial charge in [-0.1, -0.05) is 19.4 Å². The van der Waals surface area contributed by atoms with Crippen molar-refractivity contribution in [1.82, 2.24) is 19.8 Å². The van der Waals surface area contributed by atoms with Gasteiger partial charge in [0, 0.05) is 57.9 Å². The summed E-state index contributed by atoms with van der Waals surface area (Å²) in [6.45, 7) is 13.8. The van der Waals surface area contributed by atoms with E-state index < -0.39 is 0 Å². The highest BCUT2D eigenvalue weighted by atomic mass is 16.5. The number of amides is 1. The number of hydrogen-bond donors (Lipinski definition) is 1. The minimum atomic E-state index is -0.00942. The molecule has 3 heterocycles. The molecule has 0 radical (unpaired) electrons. The highest BCUT2D eigenvalue weighted by molar-refractivity contribution is 5.77. The first-order valence-electron chi connectivity index (χ1n) is 12.9. The second kappa shape index (κ2) is 14.0. The number of rotatable bonds is 8. The lowest BCUT2D eigenvalue weighted by atomic mass is 9.91. The molecule has 0 aromatic carbocycles. The van der Waals surface area contributed by atoms with E-state index in [9.17, 15) is 9.90 Å². The second-order valence-electron chi connectivity index (χ2n) is 9.09. The van der Waals surface area contributed by atoms with E-state index in [0.29, 0.717) is 19.7 Å². The highest BCUT2D eigenvalue weighted by Crippen LogP contribution is 2.26. The number of hydrogen-bond acceptors (Lipinski definition) is 7. The molecule has 1 saturated heterocycles. The molecule has 0 unspecified atom stereocenters. The van der Waals surface area contributed by atoms with Gasteiger partial charge >= 0.3 is 0 Å². The molecule has 8 heteroatoms. The number of nitrogens with zero attached hydrogens (tertiary/aromatic N) is 5. The molecule has 2 fully saturated rings. The predicted molar refractivity (Wildman–Crippen MR) is 140 cm³/mol. The third-order valence-corrected chi connectivity index (χ3v) is 6.89. The van der Waals surface area contributed by atoms with Crippen LogP contribution in [0.4, 0.5) is 5.95 Å². The molecule has 35 heavy (non-hydrogen) atoms. The van der Waals surface area contributed by atoms with Crippen LogP contribution < -0.4 is 4.90 Å². The molecule has 1 aliphatic carbocycles. The van der Waals surface area contributed by atoms with Crippen molar-refractivity contribution in [2.75, 3.05) is 57.4 Å². The Balaban J connectivity index is 0.00000167. The highest BCUT2D eigenvalue weighted by Gasteiger charge is 2.29. The van der Waals surface area contributed by atoms with Crippen LogP contribution in [0.3, 0.4) is 0 Å². The normalized spacial score (nSPS) is 19.5. The zero-order valence-electron chi connectivity index (χ0n) is 21.2. The van der Waals surface area contributed by atoms with E-state index in [4.69, 9.17) is 9.72 Å². The first kappa shape index (κ1) is 26.9. The van der Waals surface area contributed by atoms with Crippen LogP contribution in [-0.2, 0) is 22.4 Å². The molecule has 8 nitrogen and oxygen atoms in total. The lowest BCUT2D eigenvalue weighted by molar-refractivity contribution is -0.135. The summed E-state index contributed by atoms with van der Waals surface area (Å²) in [5.74, 6) is 1.04. The summed E-state index contributed by atoms with van der Waals surface area (Å²) in [6, 6.07) is 0.800. The molecule has 0 spiro atoms. The molecule has 1 aromatic heterocycles. The fourth-order valence-corrected chi connectivity index (χ4v) is 4.66.